The zero-order chi connectivity index (χ0) is 10.3. The van der Waals surface area contributed by atoms with Gasteiger partial charge in [-0.15, -0.1) is 0 Å². The molecule has 2 aliphatic rings. The summed E-state index contributed by atoms with van der Waals surface area (Å²) < 4.78 is 5.34. The number of piperidine rings is 1. The second-order valence-electron chi connectivity index (χ2n) is 4.56. The van der Waals surface area contributed by atoms with Crippen LogP contribution in [0.4, 0.5) is 0 Å². The van der Waals surface area contributed by atoms with E-state index in [0.717, 1.165) is 23.9 Å². The van der Waals surface area contributed by atoms with Crippen molar-refractivity contribution in [3.05, 3.63) is 23.6 Å². The zero-order valence-corrected chi connectivity index (χ0v) is 8.99. The van der Waals surface area contributed by atoms with Gasteiger partial charge in [0.1, 0.15) is 0 Å². The van der Waals surface area contributed by atoms with Crippen LogP contribution in [-0.2, 0) is 0 Å². The number of aryl methyl sites for hydroxylation is 1. The fraction of sp³-hybridized carbons (Fsp3) is 0.583. The smallest absolute Gasteiger partial charge is 0.164 e. The van der Waals surface area contributed by atoms with Gasteiger partial charge >= 0.3 is 0 Å². The number of hydrogen-bond acceptors (Lipinski definition) is 3. The maximum Gasteiger partial charge on any atom is 0.164 e. The Balaban J connectivity index is 1.87. The SMILES string of the molecule is Cc1cc(C2=CCC3CCCNC23)on1. The normalized spacial score (nSPS) is 30.1. The van der Waals surface area contributed by atoms with Crippen molar-refractivity contribution in [2.24, 2.45) is 5.92 Å². The van der Waals surface area contributed by atoms with E-state index in [4.69, 9.17) is 4.52 Å². The molecule has 0 bridgehead atoms. The minimum atomic E-state index is 0.506. The molecule has 3 nitrogen and oxygen atoms in total. The largest absolute Gasteiger partial charge is 0.356 e. The number of allylic oxidation sites excluding steroid dienone is 1. The molecule has 1 aliphatic carbocycles. The molecular weight excluding hydrogens is 188 g/mol. The van der Waals surface area contributed by atoms with E-state index < -0.39 is 0 Å². The Hall–Kier alpha value is -1.09. The first-order valence-electron chi connectivity index (χ1n) is 5.72. The second-order valence-corrected chi connectivity index (χ2v) is 4.56. The fourth-order valence-electron chi connectivity index (χ4n) is 2.73. The van der Waals surface area contributed by atoms with Crippen molar-refractivity contribution in [3.63, 3.8) is 0 Å². The van der Waals surface area contributed by atoms with E-state index in [1.807, 2.05) is 13.0 Å². The highest BCUT2D eigenvalue weighted by Gasteiger charge is 2.33. The molecule has 3 rings (SSSR count). The van der Waals surface area contributed by atoms with Gasteiger partial charge in [0.2, 0.25) is 0 Å². The van der Waals surface area contributed by atoms with Crippen LogP contribution in [0.5, 0.6) is 0 Å². The lowest BCUT2D eigenvalue weighted by atomic mass is 9.90. The van der Waals surface area contributed by atoms with Crippen LogP contribution in [0.15, 0.2) is 16.7 Å². The molecule has 0 amide bonds. The monoisotopic (exact) mass is 204 g/mol. The molecule has 80 valence electrons. The summed E-state index contributed by atoms with van der Waals surface area (Å²) in [6, 6.07) is 2.54. The maximum absolute atomic E-state index is 5.34. The van der Waals surface area contributed by atoms with Crippen LogP contribution in [0, 0.1) is 12.8 Å². The standard InChI is InChI=1S/C12H16N2O/c1-8-7-11(15-14-8)10-5-4-9-3-2-6-13-12(9)10/h5,7,9,12-13H,2-4,6H2,1H3. The van der Waals surface area contributed by atoms with Gasteiger partial charge in [-0.3, -0.25) is 0 Å². The number of nitrogens with one attached hydrogen (secondary N) is 1. The van der Waals surface area contributed by atoms with Crippen LogP contribution in [0.25, 0.3) is 5.57 Å². The van der Waals surface area contributed by atoms with E-state index >= 15 is 0 Å². The fourth-order valence-corrected chi connectivity index (χ4v) is 2.73. The van der Waals surface area contributed by atoms with Crippen LogP contribution in [0.1, 0.15) is 30.7 Å². The summed E-state index contributed by atoms with van der Waals surface area (Å²) in [5.74, 6) is 1.73. The topological polar surface area (TPSA) is 38.1 Å². The van der Waals surface area contributed by atoms with Crippen molar-refractivity contribution >= 4 is 5.57 Å². The van der Waals surface area contributed by atoms with Gasteiger partial charge in [-0.25, -0.2) is 0 Å². The highest BCUT2D eigenvalue weighted by atomic mass is 16.5. The predicted octanol–water partition coefficient (Wildman–Crippen LogP) is 2.14. The van der Waals surface area contributed by atoms with Crippen LogP contribution < -0.4 is 5.32 Å². The third-order valence-corrected chi connectivity index (χ3v) is 3.48. The van der Waals surface area contributed by atoms with Crippen LogP contribution in [-0.4, -0.2) is 17.7 Å². The molecule has 1 saturated heterocycles. The summed E-state index contributed by atoms with van der Waals surface area (Å²) in [6.07, 6.45) is 6.14. The molecule has 0 aromatic carbocycles. The number of aromatic nitrogens is 1. The summed E-state index contributed by atoms with van der Waals surface area (Å²) in [7, 11) is 0. The van der Waals surface area contributed by atoms with Gasteiger partial charge in [-0.1, -0.05) is 11.2 Å². The van der Waals surface area contributed by atoms with Gasteiger partial charge < -0.3 is 9.84 Å². The Labute approximate surface area is 89.5 Å². The van der Waals surface area contributed by atoms with Crippen LogP contribution in [0.2, 0.25) is 0 Å². The first-order valence-corrected chi connectivity index (χ1v) is 5.72. The van der Waals surface area contributed by atoms with Gasteiger partial charge in [0.05, 0.1) is 5.69 Å². The molecule has 1 aliphatic heterocycles. The predicted molar refractivity (Wildman–Crippen MR) is 58.3 cm³/mol. The van der Waals surface area contributed by atoms with E-state index in [2.05, 4.69) is 16.5 Å². The molecule has 3 heteroatoms. The lowest BCUT2D eigenvalue weighted by molar-refractivity contribution is 0.338. The zero-order valence-electron chi connectivity index (χ0n) is 8.99. The average molecular weight is 204 g/mol. The second kappa shape index (κ2) is 3.49. The van der Waals surface area contributed by atoms with Gasteiger partial charge in [0, 0.05) is 17.7 Å². The molecule has 2 atom stereocenters. The molecule has 0 saturated carbocycles. The molecule has 1 aromatic rings. The first-order chi connectivity index (χ1) is 7.34. The van der Waals surface area contributed by atoms with Gasteiger partial charge in [-0.05, 0) is 38.6 Å². The summed E-state index contributed by atoms with van der Waals surface area (Å²) >= 11 is 0. The molecule has 2 heterocycles. The van der Waals surface area contributed by atoms with E-state index in [0.29, 0.717) is 6.04 Å². The summed E-state index contributed by atoms with van der Waals surface area (Å²) in [4.78, 5) is 0. The van der Waals surface area contributed by atoms with Gasteiger partial charge in [-0.2, -0.15) is 0 Å². The van der Waals surface area contributed by atoms with Crippen molar-refractivity contribution in [3.8, 4) is 0 Å². The highest BCUT2D eigenvalue weighted by molar-refractivity contribution is 5.68. The maximum atomic E-state index is 5.34. The van der Waals surface area contributed by atoms with Crippen molar-refractivity contribution in [2.45, 2.75) is 32.2 Å². The lowest BCUT2D eigenvalue weighted by Gasteiger charge is -2.28. The molecular formula is C12H16N2O. The van der Waals surface area contributed by atoms with E-state index in [-0.39, 0.29) is 0 Å². The molecule has 0 radical (unpaired) electrons. The Morgan fingerprint density at radius 2 is 2.47 bits per heavy atom. The Kier molecular flexibility index (Phi) is 2.13. The molecule has 1 aromatic heterocycles. The van der Waals surface area contributed by atoms with Crippen molar-refractivity contribution in [1.82, 2.24) is 10.5 Å². The minimum absolute atomic E-state index is 0.506. The molecule has 1 fully saturated rings. The van der Waals surface area contributed by atoms with E-state index in [1.165, 1.54) is 24.8 Å². The third kappa shape index (κ3) is 1.51. The van der Waals surface area contributed by atoms with Crippen molar-refractivity contribution < 1.29 is 4.52 Å². The number of fused-ring (bicyclic) bond motifs is 1. The Morgan fingerprint density at radius 1 is 1.53 bits per heavy atom. The summed E-state index contributed by atoms with van der Waals surface area (Å²) in [6.45, 7) is 3.10. The number of nitrogens with zero attached hydrogens (tertiary/aromatic N) is 1. The quantitative estimate of drug-likeness (QED) is 0.761. The van der Waals surface area contributed by atoms with Crippen LogP contribution in [0.3, 0.4) is 0 Å². The van der Waals surface area contributed by atoms with Crippen molar-refractivity contribution in [2.75, 3.05) is 6.54 Å². The van der Waals surface area contributed by atoms with Crippen LogP contribution >= 0.6 is 0 Å². The molecule has 2 unspecified atom stereocenters. The number of rotatable bonds is 1. The minimum Gasteiger partial charge on any atom is -0.356 e. The summed E-state index contributed by atoms with van der Waals surface area (Å²) in [5.41, 5.74) is 2.28. The summed E-state index contributed by atoms with van der Waals surface area (Å²) in [5, 5.41) is 7.54. The van der Waals surface area contributed by atoms with Crippen molar-refractivity contribution in [1.29, 1.82) is 0 Å². The van der Waals surface area contributed by atoms with E-state index in [9.17, 15) is 0 Å². The first kappa shape index (κ1) is 9.16. The average Bonchev–Trinajstić information content (AvgIpc) is 2.83. The molecule has 0 spiro atoms. The number of hydrogen-bond donors (Lipinski definition) is 1. The molecule has 1 N–H and O–H groups in total. The lowest BCUT2D eigenvalue weighted by Crippen LogP contribution is -2.39. The van der Waals surface area contributed by atoms with Gasteiger partial charge in [0.15, 0.2) is 5.76 Å². The Morgan fingerprint density at radius 3 is 3.27 bits per heavy atom. The van der Waals surface area contributed by atoms with Gasteiger partial charge in [0.25, 0.3) is 0 Å². The third-order valence-electron chi connectivity index (χ3n) is 3.48. The highest BCUT2D eigenvalue weighted by Crippen LogP contribution is 2.37. The Bertz CT molecular complexity index is 394. The molecule has 15 heavy (non-hydrogen) atoms. The van der Waals surface area contributed by atoms with E-state index in [1.54, 1.807) is 0 Å².